The first-order valence-corrected chi connectivity index (χ1v) is 10.6. The molecule has 0 fully saturated rings. The normalized spacial score (nSPS) is 11.6. The van der Waals surface area contributed by atoms with Crippen LogP contribution in [0.1, 0.15) is 16.7 Å². The molecule has 0 aliphatic carbocycles. The van der Waals surface area contributed by atoms with Crippen LogP contribution in [0.25, 0.3) is 0 Å². The van der Waals surface area contributed by atoms with Crippen molar-refractivity contribution in [3.63, 3.8) is 0 Å². The number of thioether (sulfide) groups is 1. The molecule has 140 valence electrons. The van der Waals surface area contributed by atoms with Crippen molar-refractivity contribution in [2.75, 3.05) is 25.2 Å². The Kier molecular flexibility index (Phi) is 6.49. The fourth-order valence-electron chi connectivity index (χ4n) is 2.30. The third-order valence-electron chi connectivity index (χ3n) is 4.08. The number of carbonyl (C=O) groups is 1. The number of hydrogen-bond acceptors (Lipinski definition) is 4. The van der Waals surface area contributed by atoms with Gasteiger partial charge in [0.2, 0.25) is 15.9 Å². The second-order valence-corrected chi connectivity index (χ2v) is 9.52. The minimum Gasteiger partial charge on any atom is -0.325 e. The molecule has 0 aliphatic heterocycles. The maximum absolute atomic E-state index is 12.4. The third-order valence-corrected chi connectivity index (χ3v) is 7.03. The standard InChI is InChI=1S/C19H24N2O3S2/c1-13-7-9-17(10-15(13)3)25-12-19(22)20-16-8-6-14(2)18(11-16)26(23,24)21(4)5/h6-11H,12H2,1-5H3,(H,20,22). The predicted octanol–water partition coefficient (Wildman–Crippen LogP) is 3.59. The highest BCUT2D eigenvalue weighted by Gasteiger charge is 2.20. The number of rotatable bonds is 6. The van der Waals surface area contributed by atoms with Crippen LogP contribution in [-0.4, -0.2) is 38.5 Å². The Morgan fingerprint density at radius 1 is 1.00 bits per heavy atom. The number of aryl methyl sites for hydroxylation is 3. The molecule has 2 aromatic rings. The quantitative estimate of drug-likeness (QED) is 0.763. The molecule has 1 N–H and O–H groups in total. The number of carbonyl (C=O) groups excluding carboxylic acids is 1. The van der Waals surface area contributed by atoms with Gasteiger partial charge in [0.05, 0.1) is 10.6 Å². The molecule has 0 saturated carbocycles. The Morgan fingerprint density at radius 3 is 2.27 bits per heavy atom. The molecule has 5 nitrogen and oxygen atoms in total. The zero-order valence-corrected chi connectivity index (χ0v) is 17.3. The maximum atomic E-state index is 12.4. The van der Waals surface area contributed by atoms with Gasteiger partial charge >= 0.3 is 0 Å². The van der Waals surface area contributed by atoms with Gasteiger partial charge in [-0.3, -0.25) is 4.79 Å². The van der Waals surface area contributed by atoms with Crippen LogP contribution in [0.5, 0.6) is 0 Å². The van der Waals surface area contributed by atoms with Crippen molar-refractivity contribution in [3.05, 3.63) is 53.1 Å². The lowest BCUT2D eigenvalue weighted by Crippen LogP contribution is -2.23. The van der Waals surface area contributed by atoms with Gasteiger partial charge in [-0.15, -0.1) is 11.8 Å². The van der Waals surface area contributed by atoms with Crippen LogP contribution < -0.4 is 5.32 Å². The minimum absolute atomic E-state index is 0.176. The molecule has 0 aromatic heterocycles. The first kappa shape index (κ1) is 20.5. The van der Waals surface area contributed by atoms with Crippen LogP contribution in [0.4, 0.5) is 5.69 Å². The number of sulfonamides is 1. The first-order chi connectivity index (χ1) is 12.1. The van der Waals surface area contributed by atoms with Gasteiger partial charge in [-0.25, -0.2) is 12.7 Å². The van der Waals surface area contributed by atoms with Gasteiger partial charge < -0.3 is 5.32 Å². The fourth-order valence-corrected chi connectivity index (χ4v) is 4.24. The molecule has 0 aliphatic rings. The molecular formula is C19H24N2O3S2. The van der Waals surface area contributed by atoms with E-state index < -0.39 is 10.0 Å². The summed E-state index contributed by atoms with van der Waals surface area (Å²) in [5.74, 6) is 0.0804. The van der Waals surface area contributed by atoms with Gasteiger partial charge in [-0.2, -0.15) is 0 Å². The van der Waals surface area contributed by atoms with Gasteiger partial charge in [0.25, 0.3) is 0 Å². The smallest absolute Gasteiger partial charge is 0.242 e. The Bertz CT molecular complexity index is 922. The summed E-state index contributed by atoms with van der Waals surface area (Å²) >= 11 is 1.45. The van der Waals surface area contributed by atoms with Gasteiger partial charge in [-0.05, 0) is 61.7 Å². The average Bonchev–Trinajstić information content (AvgIpc) is 2.57. The van der Waals surface area contributed by atoms with Crippen molar-refractivity contribution in [2.45, 2.75) is 30.6 Å². The summed E-state index contributed by atoms with van der Waals surface area (Å²) in [6.45, 7) is 5.82. The molecular weight excluding hydrogens is 368 g/mol. The van der Waals surface area contributed by atoms with Crippen LogP contribution in [0.2, 0.25) is 0 Å². The summed E-state index contributed by atoms with van der Waals surface area (Å²) in [6, 6.07) is 11.0. The minimum atomic E-state index is -3.55. The molecule has 0 saturated heterocycles. The highest BCUT2D eigenvalue weighted by Crippen LogP contribution is 2.24. The van der Waals surface area contributed by atoms with Crippen molar-refractivity contribution in [1.82, 2.24) is 4.31 Å². The van der Waals surface area contributed by atoms with Crippen LogP contribution in [0.3, 0.4) is 0 Å². The molecule has 0 spiro atoms. The SMILES string of the molecule is Cc1ccc(SCC(=O)Nc2ccc(C)c(S(=O)(=O)N(C)C)c2)cc1C. The van der Waals surface area contributed by atoms with Crippen LogP contribution in [0.15, 0.2) is 46.2 Å². The molecule has 1 amide bonds. The van der Waals surface area contributed by atoms with Crippen molar-refractivity contribution < 1.29 is 13.2 Å². The molecule has 0 bridgehead atoms. The van der Waals surface area contributed by atoms with E-state index in [4.69, 9.17) is 0 Å². The number of nitrogens with zero attached hydrogens (tertiary/aromatic N) is 1. The zero-order valence-electron chi connectivity index (χ0n) is 15.7. The highest BCUT2D eigenvalue weighted by atomic mass is 32.2. The molecule has 2 aromatic carbocycles. The lowest BCUT2D eigenvalue weighted by Gasteiger charge is -2.15. The number of hydrogen-bond donors (Lipinski definition) is 1. The van der Waals surface area contributed by atoms with Crippen molar-refractivity contribution >= 4 is 33.4 Å². The molecule has 26 heavy (non-hydrogen) atoms. The highest BCUT2D eigenvalue weighted by molar-refractivity contribution is 8.00. The predicted molar refractivity (Wildman–Crippen MR) is 107 cm³/mol. The van der Waals surface area contributed by atoms with E-state index in [1.54, 1.807) is 19.1 Å². The molecule has 0 unspecified atom stereocenters. The summed E-state index contributed by atoms with van der Waals surface area (Å²) in [7, 11) is -0.580. The monoisotopic (exact) mass is 392 g/mol. The Morgan fingerprint density at radius 2 is 1.65 bits per heavy atom. The molecule has 0 atom stereocenters. The summed E-state index contributed by atoms with van der Waals surface area (Å²) in [5, 5.41) is 2.77. The Labute approximate surface area is 159 Å². The van der Waals surface area contributed by atoms with Gasteiger partial charge in [0.15, 0.2) is 0 Å². The van der Waals surface area contributed by atoms with Gasteiger partial charge in [-0.1, -0.05) is 12.1 Å². The second kappa shape index (κ2) is 8.24. The number of benzene rings is 2. The van der Waals surface area contributed by atoms with Crippen LogP contribution in [-0.2, 0) is 14.8 Å². The first-order valence-electron chi connectivity index (χ1n) is 8.14. The molecule has 0 heterocycles. The maximum Gasteiger partial charge on any atom is 0.242 e. The largest absolute Gasteiger partial charge is 0.325 e. The van der Waals surface area contributed by atoms with Gasteiger partial charge in [0.1, 0.15) is 0 Å². The van der Waals surface area contributed by atoms with E-state index in [1.165, 1.54) is 43.1 Å². The summed E-state index contributed by atoms with van der Waals surface area (Å²) in [5.41, 5.74) is 3.52. The van der Waals surface area contributed by atoms with E-state index in [9.17, 15) is 13.2 Å². The van der Waals surface area contributed by atoms with E-state index in [1.807, 2.05) is 26.0 Å². The molecule has 0 radical (unpaired) electrons. The zero-order chi connectivity index (χ0) is 19.5. The van der Waals surface area contributed by atoms with E-state index in [-0.39, 0.29) is 16.6 Å². The average molecular weight is 393 g/mol. The van der Waals surface area contributed by atoms with E-state index in [2.05, 4.69) is 11.4 Å². The third kappa shape index (κ3) is 4.87. The van der Waals surface area contributed by atoms with E-state index >= 15 is 0 Å². The summed E-state index contributed by atoms with van der Waals surface area (Å²) in [6.07, 6.45) is 0. The van der Waals surface area contributed by atoms with E-state index in [0.717, 1.165) is 9.20 Å². The Balaban J connectivity index is 2.08. The molecule has 2 rings (SSSR count). The van der Waals surface area contributed by atoms with Crippen molar-refractivity contribution in [2.24, 2.45) is 0 Å². The van der Waals surface area contributed by atoms with E-state index in [0.29, 0.717) is 11.3 Å². The lowest BCUT2D eigenvalue weighted by molar-refractivity contribution is -0.113. The summed E-state index contributed by atoms with van der Waals surface area (Å²) in [4.78, 5) is 13.5. The fraction of sp³-hybridized carbons (Fsp3) is 0.316. The van der Waals surface area contributed by atoms with Crippen LogP contribution >= 0.6 is 11.8 Å². The number of amides is 1. The van der Waals surface area contributed by atoms with Crippen molar-refractivity contribution in [1.29, 1.82) is 0 Å². The summed E-state index contributed by atoms with van der Waals surface area (Å²) < 4.78 is 25.9. The topological polar surface area (TPSA) is 66.5 Å². The molecule has 7 heteroatoms. The lowest BCUT2D eigenvalue weighted by atomic mass is 10.1. The van der Waals surface area contributed by atoms with Gasteiger partial charge in [0, 0.05) is 24.7 Å². The van der Waals surface area contributed by atoms with Crippen molar-refractivity contribution in [3.8, 4) is 0 Å². The Hall–Kier alpha value is -1.83. The second-order valence-electron chi connectivity index (χ2n) is 6.35. The van der Waals surface area contributed by atoms with Crippen LogP contribution in [0, 0.1) is 20.8 Å². The number of nitrogens with one attached hydrogen (secondary N) is 1. The number of anilines is 1.